The maximum absolute atomic E-state index is 13.7. The van der Waals surface area contributed by atoms with Crippen molar-refractivity contribution in [3.05, 3.63) is 125 Å². The summed E-state index contributed by atoms with van der Waals surface area (Å²) in [7, 11) is -8.98. The fourth-order valence-electron chi connectivity index (χ4n) is 4.18. The molecule has 0 saturated heterocycles. The molecule has 0 saturated carbocycles. The van der Waals surface area contributed by atoms with Crippen molar-refractivity contribution < 1.29 is 48.7 Å². The lowest BCUT2D eigenvalue weighted by Crippen LogP contribution is -3.85. The molecule has 239 valence electrons. The molecule has 0 aromatic heterocycles. The Morgan fingerprint density at radius 2 is 1.09 bits per heavy atom. The summed E-state index contributed by atoms with van der Waals surface area (Å²) >= 11 is -3.15. The van der Waals surface area contributed by atoms with Crippen LogP contribution in [0.15, 0.2) is 101 Å². The third kappa shape index (κ3) is 8.29. The van der Waals surface area contributed by atoms with E-state index in [1.54, 1.807) is 19.1 Å². The van der Waals surface area contributed by atoms with Crippen LogP contribution in [0.1, 0.15) is 58.2 Å². The molecule has 0 fully saturated rings. The van der Waals surface area contributed by atoms with Crippen LogP contribution in [-0.4, -0.2) is 21.8 Å². The standard InChI is InChI=1S/C33H36INO8S2/c1-23-8-18-28(19-9-23)44(38,39)42-31-21-20-29(22-30(31)35(36)37)45(40,41)43-34(26-14-10-24(11-15-26)32(2,3)4)27-16-12-25(13-17-27)33(5,6)7/h8-22H,1-7H3/q+1. The highest BCUT2D eigenvalue weighted by Crippen LogP contribution is 2.32. The average Bonchev–Trinajstić information content (AvgIpc) is 2.95. The molecule has 0 bridgehead atoms. The van der Waals surface area contributed by atoms with E-state index in [0.29, 0.717) is 0 Å². The number of hydrogen-bond acceptors (Lipinski definition) is 8. The minimum Gasteiger partial charge on any atom is -0.372 e. The van der Waals surface area contributed by atoms with Gasteiger partial charge < -0.3 is 4.18 Å². The molecule has 12 heteroatoms. The van der Waals surface area contributed by atoms with Crippen molar-refractivity contribution in [3.63, 3.8) is 0 Å². The van der Waals surface area contributed by atoms with Gasteiger partial charge in [-0.05, 0) is 79.9 Å². The van der Waals surface area contributed by atoms with Gasteiger partial charge in [0.05, 0.1) is 4.92 Å². The summed E-state index contributed by atoms with van der Waals surface area (Å²) in [4.78, 5) is 10.4. The Morgan fingerprint density at radius 1 is 0.644 bits per heavy atom. The van der Waals surface area contributed by atoms with Crippen LogP contribution >= 0.6 is 0 Å². The molecular weight excluding hydrogens is 729 g/mol. The molecular formula is C33H36INO8S2+. The molecule has 4 aromatic rings. The highest BCUT2D eigenvalue weighted by molar-refractivity contribution is 7.87. The van der Waals surface area contributed by atoms with Crippen LogP contribution in [0, 0.1) is 24.2 Å². The Hall–Kier alpha value is -3.33. The van der Waals surface area contributed by atoms with Gasteiger partial charge in [-0.3, -0.25) is 10.1 Å². The lowest BCUT2D eigenvalue weighted by molar-refractivity contribution is -1.03. The molecule has 0 spiro atoms. The number of nitro groups is 1. The summed E-state index contributed by atoms with van der Waals surface area (Å²) in [5.41, 5.74) is 1.88. The Kier molecular flexibility index (Phi) is 9.84. The van der Waals surface area contributed by atoms with Crippen molar-refractivity contribution >= 4 is 25.9 Å². The number of benzene rings is 4. The normalized spacial score (nSPS) is 12.7. The summed E-state index contributed by atoms with van der Waals surface area (Å²) in [6, 6.07) is 23.8. The van der Waals surface area contributed by atoms with Gasteiger partial charge in [-0.25, -0.2) is 0 Å². The molecule has 4 rings (SSSR count). The SMILES string of the molecule is Cc1ccc(S(=O)(=O)Oc2ccc(S(=O)(=O)O[I+](c3ccc(C(C)(C)C)cc3)c3ccc(C(C)(C)C)cc3)cc2[N+](=O)[O-])cc1. The van der Waals surface area contributed by atoms with Crippen LogP contribution in [-0.2, 0) is 33.6 Å². The summed E-state index contributed by atoms with van der Waals surface area (Å²) < 4.78 is 65.5. The van der Waals surface area contributed by atoms with Gasteiger partial charge in [0, 0.05) is 6.07 Å². The minimum atomic E-state index is -4.55. The molecule has 0 amide bonds. The minimum absolute atomic E-state index is 0.117. The van der Waals surface area contributed by atoms with Crippen LogP contribution in [0.3, 0.4) is 0 Å². The fourth-order valence-corrected chi connectivity index (χ4v) is 12.0. The Balaban J connectivity index is 1.73. The summed E-state index contributed by atoms with van der Waals surface area (Å²) in [6.45, 7) is 14.3. The van der Waals surface area contributed by atoms with E-state index in [0.717, 1.165) is 42.0 Å². The predicted octanol–water partition coefficient (Wildman–Crippen LogP) is 4.25. The maximum atomic E-state index is 13.7. The van der Waals surface area contributed by atoms with Crippen molar-refractivity contribution in [2.24, 2.45) is 0 Å². The lowest BCUT2D eigenvalue weighted by Gasteiger charge is -2.19. The van der Waals surface area contributed by atoms with Gasteiger partial charge in [0.15, 0.2) is 7.14 Å². The predicted molar refractivity (Wildman–Crippen MR) is 168 cm³/mol. The molecule has 4 aromatic carbocycles. The number of halogens is 1. The first-order valence-corrected chi connectivity index (χ1v) is 19.8. The summed E-state index contributed by atoms with van der Waals surface area (Å²) in [6.07, 6.45) is 0. The first-order chi connectivity index (χ1) is 20.8. The van der Waals surface area contributed by atoms with Gasteiger partial charge in [-0.15, -0.1) is 0 Å². The first kappa shape index (κ1) is 34.5. The maximum Gasteiger partial charge on any atom is 0.339 e. The molecule has 0 aliphatic rings. The second kappa shape index (κ2) is 12.8. The van der Waals surface area contributed by atoms with Gasteiger partial charge in [-0.2, -0.15) is 16.8 Å². The molecule has 0 aliphatic heterocycles. The van der Waals surface area contributed by atoms with Crippen LogP contribution in [0.5, 0.6) is 5.75 Å². The van der Waals surface area contributed by atoms with Crippen LogP contribution in [0.25, 0.3) is 0 Å². The summed E-state index contributed by atoms with van der Waals surface area (Å²) in [5, 5.41) is 12.0. The van der Waals surface area contributed by atoms with Crippen LogP contribution < -0.4 is 24.4 Å². The third-order valence-corrected chi connectivity index (χ3v) is 15.5. The van der Waals surface area contributed by atoms with Gasteiger partial charge in [0.2, 0.25) is 5.75 Å². The highest BCUT2D eigenvalue weighted by atomic mass is 127. The van der Waals surface area contributed by atoms with Crippen LogP contribution in [0.4, 0.5) is 5.69 Å². The van der Waals surface area contributed by atoms with E-state index in [9.17, 15) is 26.9 Å². The van der Waals surface area contributed by atoms with E-state index in [2.05, 4.69) is 41.5 Å². The largest absolute Gasteiger partial charge is 0.372 e. The van der Waals surface area contributed by atoms with Crippen molar-refractivity contribution in [3.8, 4) is 5.75 Å². The molecule has 9 nitrogen and oxygen atoms in total. The van der Waals surface area contributed by atoms with Crippen molar-refractivity contribution in [2.75, 3.05) is 0 Å². The molecule has 0 atom stereocenters. The van der Waals surface area contributed by atoms with E-state index < -0.39 is 61.7 Å². The van der Waals surface area contributed by atoms with E-state index in [-0.39, 0.29) is 15.7 Å². The average molecular weight is 766 g/mol. The number of aryl methyl sites for hydroxylation is 1. The van der Waals surface area contributed by atoms with E-state index in [4.69, 9.17) is 6.70 Å². The molecule has 1 radical (unpaired) electrons. The quantitative estimate of drug-likeness (QED) is 0.107. The lowest BCUT2D eigenvalue weighted by atomic mass is 9.87. The molecule has 0 aliphatic carbocycles. The summed E-state index contributed by atoms with van der Waals surface area (Å²) in [5.74, 6) is -0.620. The number of nitrogens with zero attached hydrogens (tertiary/aromatic N) is 1. The molecule has 0 heterocycles. The third-order valence-electron chi connectivity index (χ3n) is 6.89. The first-order valence-electron chi connectivity index (χ1n) is 13.9. The Labute approximate surface area is 272 Å². The zero-order chi connectivity index (χ0) is 33.4. The zero-order valence-electron chi connectivity index (χ0n) is 26.1. The number of hydrogen-bond donors (Lipinski definition) is 0. The smallest absolute Gasteiger partial charge is 0.339 e. The number of rotatable bonds is 9. The Morgan fingerprint density at radius 3 is 1.51 bits per heavy atom. The van der Waals surface area contributed by atoms with Crippen molar-refractivity contribution in [1.82, 2.24) is 0 Å². The zero-order valence-corrected chi connectivity index (χ0v) is 29.9. The number of nitro benzene ring substituents is 1. The van der Waals surface area contributed by atoms with Gasteiger partial charge in [0.1, 0.15) is 9.79 Å². The highest BCUT2D eigenvalue weighted by Gasteiger charge is 2.39. The molecule has 0 unspecified atom stereocenters. The topological polar surface area (TPSA) is 130 Å². The molecule has 45 heavy (non-hydrogen) atoms. The monoisotopic (exact) mass is 765 g/mol. The van der Waals surface area contributed by atoms with Gasteiger partial charge in [0.25, 0.3) is 0 Å². The van der Waals surface area contributed by atoms with E-state index in [1.807, 2.05) is 48.5 Å². The van der Waals surface area contributed by atoms with Crippen molar-refractivity contribution in [1.29, 1.82) is 0 Å². The van der Waals surface area contributed by atoms with Gasteiger partial charge in [-0.1, -0.05) is 83.5 Å². The Bertz CT molecular complexity index is 1850. The van der Waals surface area contributed by atoms with Crippen molar-refractivity contribution in [2.45, 2.75) is 69.1 Å². The van der Waals surface area contributed by atoms with Gasteiger partial charge >= 0.3 is 46.2 Å². The molecule has 0 N–H and O–H groups in total. The second-order valence-electron chi connectivity index (χ2n) is 12.5. The van der Waals surface area contributed by atoms with E-state index in [1.165, 1.54) is 12.1 Å². The fraction of sp³-hybridized carbons (Fsp3) is 0.273. The van der Waals surface area contributed by atoms with Crippen LogP contribution in [0.2, 0.25) is 0 Å². The second-order valence-corrected chi connectivity index (χ2v) is 20.6. The van der Waals surface area contributed by atoms with E-state index >= 15 is 0 Å².